The van der Waals surface area contributed by atoms with Crippen molar-refractivity contribution >= 4 is 28.8 Å². The molecule has 0 atom stereocenters. The largest absolute Gasteiger partial charge is 0.457 e. The second-order valence-corrected chi connectivity index (χ2v) is 8.53. The van der Waals surface area contributed by atoms with Crippen LogP contribution in [-0.4, -0.2) is 38.7 Å². The van der Waals surface area contributed by atoms with E-state index in [1.165, 1.54) is 12.4 Å². The molecule has 1 amide bonds. The highest BCUT2D eigenvalue weighted by atomic mass is 16.5. The minimum absolute atomic E-state index is 0.0738. The fourth-order valence-corrected chi connectivity index (χ4v) is 4.16. The second-order valence-electron chi connectivity index (χ2n) is 8.53. The van der Waals surface area contributed by atoms with Gasteiger partial charge < -0.3 is 25.5 Å². The number of carbonyl (C=O) groups excluding carboxylic acids is 1. The first-order chi connectivity index (χ1) is 19.1. The van der Waals surface area contributed by atoms with E-state index < -0.39 is 5.91 Å². The average molecular weight is 517 g/mol. The lowest BCUT2D eigenvalue weighted by Gasteiger charge is -2.07. The van der Waals surface area contributed by atoms with Gasteiger partial charge in [-0.25, -0.2) is 14.8 Å². The number of aromatic nitrogens is 3. The van der Waals surface area contributed by atoms with Crippen molar-refractivity contribution in [3.05, 3.63) is 114 Å². The molecule has 5 rings (SSSR count). The van der Waals surface area contributed by atoms with Crippen molar-refractivity contribution in [1.29, 1.82) is 0 Å². The number of ether oxygens (including phenoxy) is 1. The molecule has 0 spiro atoms. The highest BCUT2D eigenvalue weighted by Crippen LogP contribution is 2.35. The van der Waals surface area contributed by atoms with Gasteiger partial charge in [0.2, 0.25) is 5.91 Å². The van der Waals surface area contributed by atoms with Crippen molar-refractivity contribution in [3.63, 3.8) is 0 Å². The fraction of sp³-hybridized carbons (Fsp3) is 0.0667. The van der Waals surface area contributed by atoms with Gasteiger partial charge in [-0.1, -0.05) is 42.5 Å². The molecule has 0 aliphatic carbocycles. The first-order valence-electron chi connectivity index (χ1n) is 12.1. The van der Waals surface area contributed by atoms with Gasteiger partial charge in [-0.3, -0.25) is 4.79 Å². The van der Waals surface area contributed by atoms with Crippen LogP contribution in [0.1, 0.15) is 5.56 Å². The Kier molecular flexibility index (Phi) is 7.30. The average Bonchev–Trinajstić information content (AvgIpc) is 3.37. The first kappa shape index (κ1) is 25.2. The molecule has 2 aromatic heterocycles. The maximum atomic E-state index is 12.2. The van der Waals surface area contributed by atoms with E-state index in [9.17, 15) is 4.79 Å². The normalized spacial score (nSPS) is 11.2. The van der Waals surface area contributed by atoms with E-state index in [1.807, 2.05) is 83.6 Å². The Balaban J connectivity index is 1.52. The van der Waals surface area contributed by atoms with E-state index in [2.05, 4.69) is 20.1 Å². The number of nitrogen functional groups attached to an aromatic ring is 1. The van der Waals surface area contributed by atoms with Gasteiger partial charge in [-0.2, -0.15) is 0 Å². The van der Waals surface area contributed by atoms with Gasteiger partial charge in [-0.05, 0) is 53.6 Å². The van der Waals surface area contributed by atoms with Crippen LogP contribution in [0.3, 0.4) is 0 Å². The number of nitrogens with two attached hydrogens (primary N) is 1. The number of hydrogen-bond acceptors (Lipinski definition) is 6. The topological polar surface area (TPSA) is 120 Å². The van der Waals surface area contributed by atoms with Crippen molar-refractivity contribution in [1.82, 2.24) is 19.9 Å². The van der Waals surface area contributed by atoms with Crippen molar-refractivity contribution in [2.24, 2.45) is 0 Å². The maximum Gasteiger partial charge on any atom is 0.250 e. The summed E-state index contributed by atoms with van der Waals surface area (Å²) in [4.78, 5) is 24.3. The zero-order valence-electron chi connectivity index (χ0n) is 20.8. The van der Waals surface area contributed by atoms with Crippen LogP contribution in [0.15, 0.2) is 97.1 Å². The van der Waals surface area contributed by atoms with Crippen LogP contribution in [0.4, 0.5) is 5.82 Å². The molecule has 0 unspecified atom stereocenters. The minimum atomic E-state index is -0.543. The van der Waals surface area contributed by atoms with Gasteiger partial charge in [0, 0.05) is 24.0 Å². The Morgan fingerprint density at radius 3 is 2.56 bits per heavy atom. The zero-order chi connectivity index (χ0) is 27.2. The number of rotatable bonds is 8. The van der Waals surface area contributed by atoms with E-state index in [4.69, 9.17) is 22.1 Å². The lowest BCUT2D eigenvalue weighted by atomic mass is 10.1. The summed E-state index contributed by atoms with van der Waals surface area (Å²) in [5, 5.41) is 12.2. The Morgan fingerprint density at radius 2 is 1.82 bits per heavy atom. The fourth-order valence-electron chi connectivity index (χ4n) is 4.16. The van der Waals surface area contributed by atoms with Crippen LogP contribution in [0.5, 0.6) is 11.5 Å². The molecule has 9 nitrogen and oxygen atoms in total. The molecular weight excluding hydrogens is 492 g/mol. The highest BCUT2D eigenvalue weighted by Gasteiger charge is 2.17. The molecule has 192 valence electrons. The number of aliphatic hydroxyl groups excluding tert-OH is 1. The number of carbonyl (C=O) groups is 1. The number of benzene rings is 3. The second kappa shape index (κ2) is 11.3. The highest BCUT2D eigenvalue weighted by molar-refractivity contribution is 6.02. The van der Waals surface area contributed by atoms with Crippen molar-refractivity contribution in [2.45, 2.75) is 0 Å². The first-order valence-corrected chi connectivity index (χ1v) is 12.1. The van der Waals surface area contributed by atoms with E-state index in [-0.39, 0.29) is 18.8 Å². The molecule has 4 N–H and O–H groups in total. The summed E-state index contributed by atoms with van der Waals surface area (Å²) >= 11 is 0. The predicted molar refractivity (Wildman–Crippen MR) is 150 cm³/mol. The molecule has 0 fully saturated rings. The molecule has 0 saturated carbocycles. The van der Waals surface area contributed by atoms with Gasteiger partial charge in [0.05, 0.1) is 18.6 Å². The zero-order valence-corrected chi connectivity index (χ0v) is 20.8. The number of hydrogen-bond donors (Lipinski definition) is 3. The molecule has 2 heterocycles. The van der Waals surface area contributed by atoms with Crippen LogP contribution in [0.25, 0.3) is 38.8 Å². The molecule has 9 heteroatoms. The van der Waals surface area contributed by atoms with E-state index in [0.29, 0.717) is 28.2 Å². The van der Waals surface area contributed by atoms with E-state index in [1.54, 1.807) is 6.07 Å². The number of amides is 1. The molecule has 0 saturated heterocycles. The third-order valence-corrected chi connectivity index (χ3v) is 5.96. The van der Waals surface area contributed by atoms with Crippen LogP contribution >= 0.6 is 0 Å². The minimum Gasteiger partial charge on any atom is -0.457 e. The number of nitrogens with one attached hydrogen (secondary N) is 1. The van der Waals surface area contributed by atoms with Crippen LogP contribution in [-0.2, 0) is 4.79 Å². The van der Waals surface area contributed by atoms with Gasteiger partial charge in [0.1, 0.15) is 23.6 Å². The number of fused-ring (bicyclic) bond motifs is 1. The smallest absolute Gasteiger partial charge is 0.250 e. The number of nitrogens with zero attached hydrogens (tertiary/aromatic N) is 4. The molecule has 5 aromatic rings. The monoisotopic (exact) mass is 516 g/mol. The molecule has 0 aliphatic heterocycles. The predicted octanol–water partition coefficient (Wildman–Crippen LogP) is 4.83. The lowest BCUT2D eigenvalue weighted by molar-refractivity contribution is -0.117. The maximum absolute atomic E-state index is 12.2. The van der Waals surface area contributed by atoms with E-state index in [0.717, 1.165) is 22.6 Å². The summed E-state index contributed by atoms with van der Waals surface area (Å²) in [6.45, 7) is 7.26. The van der Waals surface area contributed by atoms with Crippen LogP contribution in [0.2, 0.25) is 0 Å². The summed E-state index contributed by atoms with van der Waals surface area (Å²) in [6, 6.07) is 24.6. The van der Waals surface area contributed by atoms with Crippen molar-refractivity contribution < 1.29 is 14.6 Å². The third kappa shape index (κ3) is 5.46. The van der Waals surface area contributed by atoms with Gasteiger partial charge in [0.25, 0.3) is 5.70 Å². The number of anilines is 1. The quantitative estimate of drug-likeness (QED) is 0.201. The Morgan fingerprint density at radius 1 is 1.05 bits per heavy atom. The third-order valence-electron chi connectivity index (χ3n) is 5.96. The van der Waals surface area contributed by atoms with Gasteiger partial charge in [0.15, 0.2) is 5.65 Å². The molecule has 0 bridgehead atoms. The molecule has 39 heavy (non-hydrogen) atoms. The summed E-state index contributed by atoms with van der Waals surface area (Å²) < 4.78 is 7.83. The molecule has 3 aromatic carbocycles. The Hall–Kier alpha value is -5.46. The molecular formula is C30H24N6O3. The molecule has 0 radical (unpaired) electrons. The molecule has 0 aliphatic rings. The summed E-state index contributed by atoms with van der Waals surface area (Å²) in [5.41, 5.74) is 10.0. The van der Waals surface area contributed by atoms with Crippen molar-refractivity contribution in [2.75, 3.05) is 18.9 Å². The number of aliphatic hydroxyl groups is 1. The van der Waals surface area contributed by atoms with E-state index >= 15 is 0 Å². The number of para-hydroxylation sites is 1. The van der Waals surface area contributed by atoms with Crippen LogP contribution in [0, 0.1) is 6.57 Å². The standard InChI is InChI=1S/C30H24N6O3/c1-32-26(30(38)33-14-15-37)17-20-6-5-7-22(16-20)36-18-25(27-28(31)34-19-35-29(27)36)21-10-12-24(13-11-21)39-23-8-3-2-4-9-23/h2-13,16-19,37H,14-15H2,(H,33,38)(H2,31,34,35)/b26-17-. The van der Waals surface area contributed by atoms with Gasteiger partial charge >= 0.3 is 0 Å². The van der Waals surface area contributed by atoms with Crippen molar-refractivity contribution in [3.8, 4) is 28.3 Å². The summed E-state index contributed by atoms with van der Waals surface area (Å²) in [6.07, 6.45) is 4.86. The SMILES string of the molecule is [C-]#[N+]/C(=C\c1cccc(-n2cc(-c3ccc(Oc4ccccc4)cc3)c3c(N)ncnc32)c1)C(=O)NCCO. The Bertz CT molecular complexity index is 1700. The Labute approximate surface area is 224 Å². The lowest BCUT2D eigenvalue weighted by Crippen LogP contribution is -2.26. The van der Waals surface area contributed by atoms with Gasteiger partial charge in [-0.15, -0.1) is 0 Å². The summed E-state index contributed by atoms with van der Waals surface area (Å²) in [5.74, 6) is 1.26. The van der Waals surface area contributed by atoms with Crippen LogP contribution < -0.4 is 15.8 Å². The summed E-state index contributed by atoms with van der Waals surface area (Å²) in [7, 11) is 0.